The predicted octanol–water partition coefficient (Wildman–Crippen LogP) is 0.941. The van der Waals surface area contributed by atoms with E-state index in [1.807, 2.05) is 0 Å². The van der Waals surface area contributed by atoms with Crippen molar-refractivity contribution in [1.82, 2.24) is 0 Å². The third-order valence-electron chi connectivity index (χ3n) is 1.58. The third kappa shape index (κ3) is 16.5. The van der Waals surface area contributed by atoms with Crippen LogP contribution in [0.15, 0.2) is 0 Å². The van der Waals surface area contributed by atoms with Crippen LogP contribution in [-0.4, -0.2) is 59.3 Å². The third-order valence-corrected chi connectivity index (χ3v) is 4.73. The molecule has 0 saturated carbocycles. The van der Waals surface area contributed by atoms with E-state index >= 15 is 0 Å². The van der Waals surface area contributed by atoms with E-state index in [4.69, 9.17) is 22.8 Å². The van der Waals surface area contributed by atoms with Gasteiger partial charge in [-0.1, -0.05) is 6.92 Å². The summed E-state index contributed by atoms with van der Waals surface area (Å²) in [6.45, 7) is 6.07. The molecule has 0 aliphatic rings. The van der Waals surface area contributed by atoms with E-state index in [0.717, 1.165) is 15.2 Å². The molecule has 5 nitrogen and oxygen atoms in total. The molecule has 0 rings (SSSR count). The minimum atomic E-state index is -2.69. The summed E-state index contributed by atoms with van der Waals surface area (Å²) in [7, 11) is 3.26. The Morgan fingerprint density at radius 2 is 1.06 bits per heavy atom. The summed E-state index contributed by atoms with van der Waals surface area (Å²) in [6.07, 6.45) is 0. The molecule has 0 aliphatic carbocycles. The Morgan fingerprint density at radius 3 is 1.06 bits per heavy atom. The molecule has 0 saturated heterocycles. The van der Waals surface area contributed by atoms with E-state index in [2.05, 4.69) is 13.8 Å². The second-order valence-corrected chi connectivity index (χ2v) is 7.55. The molecule has 0 aromatic carbocycles. The van der Waals surface area contributed by atoms with Gasteiger partial charge in [0.25, 0.3) is 0 Å². The molecule has 0 aromatic rings. The van der Waals surface area contributed by atoms with Crippen molar-refractivity contribution in [2.75, 3.05) is 35.0 Å². The fraction of sp³-hybridized carbons (Fsp3) is 1.00. The summed E-state index contributed by atoms with van der Waals surface area (Å²) in [5.41, 5.74) is 0. The van der Waals surface area contributed by atoms with Gasteiger partial charge in [-0.2, -0.15) is 0 Å². The van der Waals surface area contributed by atoms with Crippen LogP contribution in [0.3, 0.4) is 0 Å². The molecule has 0 N–H and O–H groups in total. The van der Waals surface area contributed by atoms with Crippen LogP contribution < -0.4 is 5.11 Å². The second-order valence-electron chi connectivity index (χ2n) is 2.71. The Morgan fingerprint density at radius 1 is 0.824 bits per heavy atom. The average molecular weight is 282 g/mol. The molecule has 0 heterocycles. The van der Waals surface area contributed by atoms with Gasteiger partial charge in [-0.15, -0.1) is 6.61 Å². The molecule has 0 aliphatic heterocycles. The Kier molecular flexibility index (Phi) is 25.2. The quantitative estimate of drug-likeness (QED) is 0.679. The van der Waals surface area contributed by atoms with Gasteiger partial charge < -0.3 is 22.8 Å². The van der Waals surface area contributed by atoms with Gasteiger partial charge in [0.1, 0.15) is 0 Å². The van der Waals surface area contributed by atoms with E-state index in [0.29, 0.717) is 0 Å². The van der Waals surface area contributed by atoms with Crippen LogP contribution in [0, 0.1) is 0 Å². The summed E-state index contributed by atoms with van der Waals surface area (Å²) in [4.78, 5) is 0. The van der Waals surface area contributed by atoms with Crippen molar-refractivity contribution in [2.45, 2.75) is 31.3 Å². The zero-order chi connectivity index (χ0) is 14.2. The van der Waals surface area contributed by atoms with Crippen molar-refractivity contribution >= 4 is 24.3 Å². The zero-order valence-corrected chi connectivity index (χ0v) is 14.4. The minimum absolute atomic E-state index is 0. The molecule has 17 heavy (non-hydrogen) atoms. The molecule has 0 amide bonds. The molecule has 0 bridgehead atoms. The second kappa shape index (κ2) is 18.9. The molecular weight excluding hydrogens is 255 g/mol. The van der Waals surface area contributed by atoms with Crippen molar-refractivity contribution in [3.8, 4) is 0 Å². The van der Waals surface area contributed by atoms with E-state index in [9.17, 15) is 0 Å². The van der Waals surface area contributed by atoms with Gasteiger partial charge in [0.15, 0.2) is 0 Å². The molecule has 0 unspecified atom stereocenters. The van der Waals surface area contributed by atoms with Crippen LogP contribution >= 0.6 is 0 Å². The Balaban J connectivity index is -0.000000207. The summed E-state index contributed by atoms with van der Waals surface area (Å²) >= 11 is 0.815. The summed E-state index contributed by atoms with van der Waals surface area (Å²) in [6, 6.07) is 0. The van der Waals surface area contributed by atoms with Gasteiger partial charge in [-0.25, -0.2) is 0 Å². The predicted molar refractivity (Wildman–Crippen MR) is 71.0 cm³/mol. The molecule has 0 fully saturated rings. The first-order valence-corrected chi connectivity index (χ1v) is 8.94. The first-order valence-electron chi connectivity index (χ1n) is 5.68. The van der Waals surface area contributed by atoms with Gasteiger partial charge in [0.05, 0.1) is 0 Å². The summed E-state index contributed by atoms with van der Waals surface area (Å²) < 4.78 is 19.4. The van der Waals surface area contributed by atoms with Crippen LogP contribution in [0.4, 0.5) is 0 Å². The van der Waals surface area contributed by atoms with Crippen molar-refractivity contribution in [1.29, 1.82) is 0 Å². The molecule has 104 valence electrons. The van der Waals surface area contributed by atoms with Crippen LogP contribution in [-0.2, 0) is 17.7 Å². The SMILES string of the molecule is CC[O-].CO[Si](OC)(OC)OC.C[CH2][Al+][CH2]C. The Hall–Kier alpha value is 0.549. The maximum atomic E-state index is 8.93. The van der Waals surface area contributed by atoms with Crippen LogP contribution in [0.25, 0.3) is 0 Å². The number of hydrogen-bond donors (Lipinski definition) is 0. The maximum absolute atomic E-state index is 8.93. The first kappa shape index (κ1) is 22.7. The summed E-state index contributed by atoms with van der Waals surface area (Å²) in [5, 5.41) is 11.8. The molecule has 0 spiro atoms. The zero-order valence-electron chi connectivity index (χ0n) is 12.2. The first-order chi connectivity index (χ1) is 8.07. The molecule has 0 aromatic heterocycles. The Bertz CT molecular complexity index is 106. The van der Waals surface area contributed by atoms with Crippen LogP contribution in [0.5, 0.6) is 0 Å². The van der Waals surface area contributed by atoms with Gasteiger partial charge in [0.2, 0.25) is 0 Å². The summed E-state index contributed by atoms with van der Waals surface area (Å²) in [5.74, 6) is 0. The Labute approximate surface area is 114 Å². The van der Waals surface area contributed by atoms with Gasteiger partial charge in [-0.3, -0.25) is 0 Å². The van der Waals surface area contributed by atoms with E-state index in [1.165, 1.54) is 39.0 Å². The van der Waals surface area contributed by atoms with Crippen molar-refractivity contribution in [3.63, 3.8) is 0 Å². The molecule has 7 heteroatoms. The van der Waals surface area contributed by atoms with Crippen molar-refractivity contribution in [2.24, 2.45) is 0 Å². The van der Waals surface area contributed by atoms with Gasteiger partial charge in [-0.05, 0) is 0 Å². The fourth-order valence-electron chi connectivity index (χ4n) is 0.789. The average Bonchev–Trinajstić information content (AvgIpc) is 2.36. The normalized spacial score (nSPS) is 9.41. The van der Waals surface area contributed by atoms with Crippen LogP contribution in [0.2, 0.25) is 10.6 Å². The van der Waals surface area contributed by atoms with Crippen molar-refractivity contribution in [3.05, 3.63) is 0 Å². The van der Waals surface area contributed by atoms with Gasteiger partial charge in [0, 0.05) is 28.4 Å². The van der Waals surface area contributed by atoms with Gasteiger partial charge >= 0.3 is 48.7 Å². The van der Waals surface area contributed by atoms with E-state index < -0.39 is 9.05 Å². The van der Waals surface area contributed by atoms with E-state index in [-0.39, 0.29) is 6.61 Å². The monoisotopic (exact) mass is 282 g/mol. The van der Waals surface area contributed by atoms with Crippen molar-refractivity contribution < 1.29 is 22.8 Å². The molecule has 0 radical (unpaired) electrons. The van der Waals surface area contributed by atoms with E-state index in [1.54, 1.807) is 6.92 Å². The number of hydrogen-bond acceptors (Lipinski definition) is 5. The van der Waals surface area contributed by atoms with Crippen LogP contribution in [0.1, 0.15) is 20.8 Å². The topological polar surface area (TPSA) is 60.0 Å². The molecular formula is C10H27AlO5Si. The molecule has 0 atom stereocenters. The number of rotatable bonds is 6. The fourth-order valence-corrected chi connectivity index (χ4v) is 2.37. The standard InChI is InChI=1S/C4H12O4Si.C2H5O.2C2H5.Al/c1-5-9(6-2,7-3)8-4;1-2-3;2*1-2;/h1-4H3;2H2,1H3;2*1H2,2H3;/q;-1;;;+1.